The molecule has 1 aromatic heterocycles. The van der Waals surface area contributed by atoms with Gasteiger partial charge in [-0.1, -0.05) is 0 Å². The molecule has 7 heteroatoms. The van der Waals surface area contributed by atoms with Crippen molar-refractivity contribution in [2.75, 3.05) is 0 Å². The maximum atomic E-state index is 12.8. The van der Waals surface area contributed by atoms with Crippen LogP contribution in [0.25, 0.3) is 0 Å². The number of aromatic nitrogens is 2. The Morgan fingerprint density at radius 2 is 2.00 bits per heavy atom. The van der Waals surface area contributed by atoms with E-state index in [9.17, 15) is 4.39 Å². The third kappa shape index (κ3) is 3.71. The van der Waals surface area contributed by atoms with E-state index in [-0.39, 0.29) is 11.1 Å². The summed E-state index contributed by atoms with van der Waals surface area (Å²) in [7, 11) is 0. The molecule has 0 spiro atoms. The normalized spacial score (nSPS) is 13.5. The van der Waals surface area contributed by atoms with Crippen LogP contribution in [-0.2, 0) is 0 Å². The van der Waals surface area contributed by atoms with Gasteiger partial charge in [-0.2, -0.15) is 5.26 Å². The monoisotopic (exact) mass is 293 g/mol. The summed E-state index contributed by atoms with van der Waals surface area (Å²) in [6.07, 6.45) is -0.459. The fraction of sp³-hybridized carbons (Fsp3) is 0.308. The maximum Gasteiger partial charge on any atom is 0.278 e. The number of thioether (sulfide) groups is 1. The number of halogens is 1. The lowest BCUT2D eigenvalue weighted by atomic mass is 10.3. The average molecular weight is 293 g/mol. The molecule has 1 heterocycles. The van der Waals surface area contributed by atoms with Gasteiger partial charge in [0.1, 0.15) is 11.6 Å². The number of nitrogens with zero attached hydrogens (tertiary/aromatic N) is 3. The van der Waals surface area contributed by atoms with E-state index in [0.29, 0.717) is 16.9 Å². The zero-order valence-corrected chi connectivity index (χ0v) is 11.7. The number of benzene rings is 1. The SMILES string of the molecule is C[C@H](Oc1ccc(F)cc1)c1nnc(S[C@@H](C)C#N)o1. The van der Waals surface area contributed by atoms with Crippen LogP contribution in [0.4, 0.5) is 4.39 Å². The molecule has 0 saturated heterocycles. The van der Waals surface area contributed by atoms with Gasteiger partial charge in [0.05, 0.1) is 11.3 Å². The van der Waals surface area contributed by atoms with Crippen molar-refractivity contribution in [3.8, 4) is 11.8 Å². The Labute approximate surface area is 119 Å². The van der Waals surface area contributed by atoms with Crippen LogP contribution in [0.2, 0.25) is 0 Å². The van der Waals surface area contributed by atoms with E-state index < -0.39 is 6.10 Å². The molecule has 20 heavy (non-hydrogen) atoms. The highest BCUT2D eigenvalue weighted by Gasteiger charge is 2.17. The van der Waals surface area contributed by atoms with Crippen LogP contribution in [0.3, 0.4) is 0 Å². The molecule has 0 unspecified atom stereocenters. The highest BCUT2D eigenvalue weighted by Crippen LogP contribution is 2.25. The number of hydrogen-bond donors (Lipinski definition) is 0. The van der Waals surface area contributed by atoms with Gasteiger partial charge in [0.15, 0.2) is 6.10 Å². The molecule has 0 aliphatic heterocycles. The molecule has 0 bridgehead atoms. The lowest BCUT2D eigenvalue weighted by Crippen LogP contribution is -2.03. The van der Waals surface area contributed by atoms with Crippen LogP contribution in [0.15, 0.2) is 33.9 Å². The van der Waals surface area contributed by atoms with Gasteiger partial charge >= 0.3 is 0 Å². The van der Waals surface area contributed by atoms with Crippen molar-refractivity contribution in [2.45, 2.75) is 30.4 Å². The maximum absolute atomic E-state index is 12.8. The van der Waals surface area contributed by atoms with Crippen LogP contribution in [0, 0.1) is 17.1 Å². The predicted molar refractivity (Wildman–Crippen MR) is 70.7 cm³/mol. The largest absolute Gasteiger partial charge is 0.481 e. The summed E-state index contributed by atoms with van der Waals surface area (Å²) in [5.74, 6) is 0.491. The number of nitriles is 1. The molecule has 0 aliphatic carbocycles. The third-order valence-corrected chi connectivity index (χ3v) is 3.18. The molecule has 0 amide bonds. The van der Waals surface area contributed by atoms with E-state index in [4.69, 9.17) is 14.4 Å². The van der Waals surface area contributed by atoms with Crippen molar-refractivity contribution in [3.05, 3.63) is 36.0 Å². The highest BCUT2D eigenvalue weighted by atomic mass is 32.2. The van der Waals surface area contributed by atoms with Crippen molar-refractivity contribution >= 4 is 11.8 Å². The Bertz CT molecular complexity index is 609. The molecule has 104 valence electrons. The first-order valence-electron chi connectivity index (χ1n) is 5.90. The molecule has 5 nitrogen and oxygen atoms in total. The predicted octanol–water partition coefficient (Wildman–Crippen LogP) is 3.35. The lowest BCUT2D eigenvalue weighted by Gasteiger charge is -2.10. The summed E-state index contributed by atoms with van der Waals surface area (Å²) in [4.78, 5) is 0. The average Bonchev–Trinajstić information content (AvgIpc) is 2.89. The van der Waals surface area contributed by atoms with Gasteiger partial charge in [0.2, 0.25) is 0 Å². The Balaban J connectivity index is 2.01. The van der Waals surface area contributed by atoms with Crippen LogP contribution in [-0.4, -0.2) is 15.4 Å². The molecule has 2 aromatic rings. The van der Waals surface area contributed by atoms with Crippen LogP contribution < -0.4 is 4.74 Å². The minimum Gasteiger partial charge on any atom is -0.481 e. The zero-order chi connectivity index (χ0) is 14.5. The van der Waals surface area contributed by atoms with Gasteiger partial charge < -0.3 is 9.15 Å². The van der Waals surface area contributed by atoms with Gasteiger partial charge in [-0.3, -0.25) is 0 Å². The van der Waals surface area contributed by atoms with E-state index in [0.717, 1.165) is 0 Å². The van der Waals surface area contributed by atoms with Crippen molar-refractivity contribution in [1.82, 2.24) is 10.2 Å². The summed E-state index contributed by atoms with van der Waals surface area (Å²) >= 11 is 1.18. The van der Waals surface area contributed by atoms with Gasteiger partial charge in [-0.15, -0.1) is 10.2 Å². The van der Waals surface area contributed by atoms with Crippen molar-refractivity contribution in [2.24, 2.45) is 0 Å². The molecular formula is C13H12FN3O2S. The summed E-state index contributed by atoms with van der Waals surface area (Å²) < 4.78 is 23.7. The first-order chi connectivity index (χ1) is 9.58. The van der Waals surface area contributed by atoms with Gasteiger partial charge in [-0.05, 0) is 49.9 Å². The smallest absolute Gasteiger partial charge is 0.278 e. The van der Waals surface area contributed by atoms with Crippen LogP contribution in [0.1, 0.15) is 25.8 Å². The van der Waals surface area contributed by atoms with Crippen molar-refractivity contribution in [1.29, 1.82) is 5.26 Å². The van der Waals surface area contributed by atoms with E-state index in [2.05, 4.69) is 16.3 Å². The van der Waals surface area contributed by atoms with Gasteiger partial charge in [0.25, 0.3) is 11.1 Å². The van der Waals surface area contributed by atoms with Crippen molar-refractivity contribution < 1.29 is 13.5 Å². The Morgan fingerprint density at radius 1 is 1.30 bits per heavy atom. The summed E-state index contributed by atoms with van der Waals surface area (Å²) in [6, 6.07) is 7.73. The quantitative estimate of drug-likeness (QED) is 0.787. The minimum absolute atomic E-state index is 0.267. The second kappa shape index (κ2) is 6.39. The standard InChI is InChI=1S/C13H12FN3O2S/c1-8(7-15)20-13-17-16-12(19-13)9(2)18-11-5-3-10(14)4-6-11/h3-6,8-9H,1-2H3/t8-,9-/m0/s1. The van der Waals surface area contributed by atoms with Gasteiger partial charge in [0, 0.05) is 0 Å². The van der Waals surface area contributed by atoms with E-state index >= 15 is 0 Å². The second-order valence-corrected chi connectivity index (χ2v) is 5.30. The molecule has 0 radical (unpaired) electrons. The molecule has 0 saturated carbocycles. The molecule has 0 N–H and O–H groups in total. The minimum atomic E-state index is -0.459. The van der Waals surface area contributed by atoms with E-state index in [1.807, 2.05) is 0 Å². The fourth-order valence-corrected chi connectivity index (χ4v) is 1.95. The molecule has 2 rings (SSSR count). The second-order valence-electron chi connectivity index (χ2n) is 4.01. The Hall–Kier alpha value is -2.07. The van der Waals surface area contributed by atoms with Crippen LogP contribution >= 0.6 is 11.8 Å². The topological polar surface area (TPSA) is 71.9 Å². The molecule has 1 aromatic carbocycles. The van der Waals surface area contributed by atoms with Crippen molar-refractivity contribution in [3.63, 3.8) is 0 Å². The van der Waals surface area contributed by atoms with E-state index in [1.54, 1.807) is 13.8 Å². The molecular weight excluding hydrogens is 281 g/mol. The molecule has 2 atom stereocenters. The number of ether oxygens (including phenoxy) is 1. The summed E-state index contributed by atoms with van der Waals surface area (Å²) in [6.45, 7) is 3.49. The fourth-order valence-electron chi connectivity index (χ4n) is 1.38. The zero-order valence-electron chi connectivity index (χ0n) is 10.9. The molecule has 0 fully saturated rings. The first-order valence-corrected chi connectivity index (χ1v) is 6.78. The van der Waals surface area contributed by atoms with Crippen LogP contribution in [0.5, 0.6) is 5.75 Å². The van der Waals surface area contributed by atoms with Gasteiger partial charge in [-0.25, -0.2) is 4.39 Å². The number of rotatable bonds is 5. The van der Waals surface area contributed by atoms with E-state index in [1.165, 1.54) is 36.0 Å². The first kappa shape index (κ1) is 14.3. The third-order valence-electron chi connectivity index (χ3n) is 2.36. The highest BCUT2D eigenvalue weighted by molar-refractivity contribution is 7.99. The Morgan fingerprint density at radius 3 is 2.65 bits per heavy atom. The molecule has 0 aliphatic rings. The summed E-state index contributed by atoms with van der Waals surface area (Å²) in [5.41, 5.74) is 0. The Kier molecular flexibility index (Phi) is 4.58. The lowest BCUT2D eigenvalue weighted by molar-refractivity contribution is 0.181. The summed E-state index contributed by atoms with van der Waals surface area (Å²) in [5, 5.41) is 16.5. The number of hydrogen-bond acceptors (Lipinski definition) is 6.